The summed E-state index contributed by atoms with van der Waals surface area (Å²) in [7, 11) is -4.24. The fourth-order valence-corrected chi connectivity index (χ4v) is 6.32. The Balaban J connectivity index is 1.56. The highest BCUT2D eigenvalue weighted by atomic mass is 35.5. The highest BCUT2D eigenvalue weighted by molar-refractivity contribution is 7.90. The van der Waals surface area contributed by atoms with Crippen LogP contribution in [0.2, 0.25) is 5.02 Å². The number of anilines is 2. The van der Waals surface area contributed by atoms with Crippen LogP contribution >= 0.6 is 11.6 Å². The van der Waals surface area contributed by atoms with Crippen LogP contribution in [0.4, 0.5) is 11.6 Å². The van der Waals surface area contributed by atoms with Crippen molar-refractivity contribution in [3.05, 3.63) is 76.9 Å². The molecular formula is C28H34ClN5O3S. The summed E-state index contributed by atoms with van der Waals surface area (Å²) in [5, 5.41) is 3.43. The maximum absolute atomic E-state index is 13.4. The molecule has 1 unspecified atom stereocenters. The molecule has 2 aromatic heterocycles. The molecule has 4 rings (SSSR count). The van der Waals surface area contributed by atoms with Crippen molar-refractivity contribution in [1.82, 2.24) is 14.7 Å². The minimum absolute atomic E-state index is 0.119. The number of hydrogen-bond donors (Lipinski definition) is 2. The number of pyridine rings is 2. The lowest BCUT2D eigenvalue weighted by Gasteiger charge is -2.38. The van der Waals surface area contributed by atoms with E-state index in [1.54, 1.807) is 36.5 Å². The normalized spacial score (nSPS) is 16.8. The van der Waals surface area contributed by atoms with E-state index < -0.39 is 15.9 Å². The number of nitrogens with one attached hydrogen (secondary N) is 2. The molecule has 1 saturated heterocycles. The zero-order valence-electron chi connectivity index (χ0n) is 21.9. The quantitative estimate of drug-likeness (QED) is 0.333. The van der Waals surface area contributed by atoms with E-state index in [2.05, 4.69) is 45.7 Å². The van der Waals surface area contributed by atoms with Crippen molar-refractivity contribution < 1.29 is 13.2 Å². The topological polar surface area (TPSA) is 104 Å². The van der Waals surface area contributed by atoms with Crippen LogP contribution in [-0.4, -0.2) is 36.4 Å². The molecule has 3 heterocycles. The second kappa shape index (κ2) is 11.7. The number of aromatic nitrogens is 2. The number of benzene rings is 1. The lowest BCUT2D eigenvalue weighted by Crippen LogP contribution is -2.44. The molecule has 3 aromatic rings. The second-order valence-corrected chi connectivity index (χ2v) is 11.7. The molecule has 1 fully saturated rings. The molecule has 0 radical (unpaired) electrons. The third-order valence-electron chi connectivity index (χ3n) is 7.51. The maximum atomic E-state index is 13.4. The van der Waals surface area contributed by atoms with Crippen LogP contribution in [0.15, 0.2) is 65.8 Å². The first-order valence-electron chi connectivity index (χ1n) is 13.0. The number of amides is 1. The van der Waals surface area contributed by atoms with Crippen molar-refractivity contribution in [3.63, 3.8) is 0 Å². The summed E-state index contributed by atoms with van der Waals surface area (Å²) in [5.74, 6) is 0.621. The molecular weight excluding hydrogens is 522 g/mol. The minimum atomic E-state index is -4.24. The second-order valence-electron chi connectivity index (χ2n) is 9.64. The van der Waals surface area contributed by atoms with Gasteiger partial charge in [0.1, 0.15) is 11.6 Å². The molecule has 1 aliphatic rings. The summed E-state index contributed by atoms with van der Waals surface area (Å²) in [6.45, 7) is 7.63. The smallest absolute Gasteiger partial charge is 0.281 e. The number of carbonyl (C=O) groups is 1. The van der Waals surface area contributed by atoms with Gasteiger partial charge in [0.05, 0.1) is 5.56 Å². The van der Waals surface area contributed by atoms with Gasteiger partial charge in [-0.3, -0.25) is 4.79 Å². The molecule has 0 aliphatic carbocycles. The number of hydrogen-bond acceptors (Lipinski definition) is 7. The van der Waals surface area contributed by atoms with E-state index in [1.807, 2.05) is 18.2 Å². The molecule has 8 nitrogen and oxygen atoms in total. The third kappa shape index (κ3) is 5.78. The summed E-state index contributed by atoms with van der Waals surface area (Å²) in [6.07, 6.45) is 5.52. The van der Waals surface area contributed by atoms with Crippen molar-refractivity contribution in [2.75, 3.05) is 16.8 Å². The van der Waals surface area contributed by atoms with Gasteiger partial charge in [-0.2, -0.15) is 8.42 Å². The molecule has 2 N–H and O–H groups in total. The monoisotopic (exact) mass is 555 g/mol. The lowest BCUT2D eigenvalue weighted by molar-refractivity contribution is 0.0981. The Labute approximate surface area is 229 Å². The van der Waals surface area contributed by atoms with Crippen LogP contribution in [0.1, 0.15) is 62.4 Å². The summed E-state index contributed by atoms with van der Waals surface area (Å²) < 4.78 is 28.6. The Bertz CT molecular complexity index is 1390. The highest BCUT2D eigenvalue weighted by Gasteiger charge is 2.44. The van der Waals surface area contributed by atoms with E-state index in [0.29, 0.717) is 29.1 Å². The molecule has 38 heavy (non-hydrogen) atoms. The first kappa shape index (κ1) is 27.9. The van der Waals surface area contributed by atoms with Crippen molar-refractivity contribution in [2.45, 2.75) is 63.6 Å². The molecule has 202 valence electrons. The van der Waals surface area contributed by atoms with Crippen molar-refractivity contribution in [1.29, 1.82) is 0 Å². The van der Waals surface area contributed by atoms with E-state index in [1.165, 1.54) is 6.07 Å². The molecule has 0 bridgehead atoms. The maximum Gasteiger partial charge on any atom is 0.281 e. The van der Waals surface area contributed by atoms with Gasteiger partial charge in [0.15, 0.2) is 5.03 Å². The van der Waals surface area contributed by atoms with Crippen molar-refractivity contribution in [2.24, 2.45) is 5.92 Å². The van der Waals surface area contributed by atoms with Gasteiger partial charge in [0, 0.05) is 29.8 Å². The van der Waals surface area contributed by atoms with Crippen LogP contribution in [0.3, 0.4) is 0 Å². The third-order valence-corrected chi connectivity index (χ3v) is 9.11. The molecule has 0 saturated carbocycles. The summed E-state index contributed by atoms with van der Waals surface area (Å²) in [5.41, 5.74) is 0.961. The van der Waals surface area contributed by atoms with Gasteiger partial charge in [-0.25, -0.2) is 14.7 Å². The zero-order valence-corrected chi connectivity index (χ0v) is 23.5. The predicted molar refractivity (Wildman–Crippen MR) is 151 cm³/mol. The fourth-order valence-electron chi connectivity index (χ4n) is 5.18. The Morgan fingerprint density at radius 2 is 1.84 bits per heavy atom. The van der Waals surface area contributed by atoms with Crippen LogP contribution in [0.25, 0.3) is 0 Å². The minimum Gasteiger partial charge on any atom is -0.366 e. The molecule has 0 spiro atoms. The Morgan fingerprint density at radius 3 is 2.55 bits per heavy atom. The first-order chi connectivity index (χ1) is 18.2. The molecule has 1 aromatic carbocycles. The Kier molecular flexibility index (Phi) is 8.57. The van der Waals surface area contributed by atoms with Crippen LogP contribution < -0.4 is 14.9 Å². The SMILES string of the molecule is CCC1CN(c2ncccc2C(=O)NS(=O)(=O)c2cccc(NCc3ccccc3Cl)n2)C(CC)(CC)C1. The van der Waals surface area contributed by atoms with E-state index >= 15 is 0 Å². The molecule has 1 amide bonds. The number of halogens is 1. The lowest BCUT2D eigenvalue weighted by atomic mass is 9.86. The van der Waals surface area contributed by atoms with Gasteiger partial charge in [0.25, 0.3) is 15.9 Å². The van der Waals surface area contributed by atoms with Gasteiger partial charge in [-0.05, 0) is 61.1 Å². The van der Waals surface area contributed by atoms with Gasteiger partial charge >= 0.3 is 0 Å². The number of carbonyl (C=O) groups excluding carboxylic acids is 1. The molecule has 1 aliphatic heterocycles. The summed E-state index contributed by atoms with van der Waals surface area (Å²) in [6, 6.07) is 15.2. The van der Waals surface area contributed by atoms with Crippen LogP contribution in [0, 0.1) is 5.92 Å². The van der Waals surface area contributed by atoms with E-state index in [4.69, 9.17) is 11.6 Å². The molecule has 10 heteroatoms. The summed E-state index contributed by atoms with van der Waals surface area (Å²) >= 11 is 6.21. The van der Waals surface area contributed by atoms with E-state index in [-0.39, 0.29) is 16.1 Å². The number of nitrogens with zero attached hydrogens (tertiary/aromatic N) is 3. The number of rotatable bonds is 10. The fraction of sp³-hybridized carbons (Fsp3) is 0.393. The van der Waals surface area contributed by atoms with Crippen LogP contribution in [0.5, 0.6) is 0 Å². The van der Waals surface area contributed by atoms with Crippen molar-refractivity contribution in [3.8, 4) is 0 Å². The largest absolute Gasteiger partial charge is 0.366 e. The summed E-state index contributed by atoms with van der Waals surface area (Å²) in [4.78, 5) is 24.4. The highest BCUT2D eigenvalue weighted by Crippen LogP contribution is 2.43. The average Bonchev–Trinajstić information content (AvgIpc) is 3.32. The zero-order chi connectivity index (χ0) is 27.3. The van der Waals surface area contributed by atoms with Crippen molar-refractivity contribution >= 4 is 39.2 Å². The van der Waals surface area contributed by atoms with Gasteiger partial charge in [-0.15, -0.1) is 0 Å². The van der Waals surface area contributed by atoms with Crippen LogP contribution in [-0.2, 0) is 16.6 Å². The average molecular weight is 556 g/mol. The standard InChI is InChI=1S/C28H34ClN5O3S/c1-4-20-17-28(5-2,6-3)34(19-20)26-22(12-10-16-30-26)27(35)33-38(36,37)25-15-9-14-24(32-25)31-18-21-11-7-8-13-23(21)29/h7-16,20H,4-6,17-19H2,1-3H3,(H,31,32)(H,33,35). The number of sulfonamides is 1. The Hall–Kier alpha value is -3.17. The van der Waals surface area contributed by atoms with Gasteiger partial charge in [0.2, 0.25) is 0 Å². The Morgan fingerprint density at radius 1 is 1.08 bits per heavy atom. The molecule has 1 atom stereocenters. The van der Waals surface area contributed by atoms with E-state index in [0.717, 1.165) is 37.8 Å². The van der Waals surface area contributed by atoms with Gasteiger partial charge < -0.3 is 10.2 Å². The van der Waals surface area contributed by atoms with Gasteiger partial charge in [-0.1, -0.05) is 63.1 Å². The van der Waals surface area contributed by atoms with E-state index in [9.17, 15) is 13.2 Å². The predicted octanol–water partition coefficient (Wildman–Crippen LogP) is 5.66. The first-order valence-corrected chi connectivity index (χ1v) is 14.8.